The van der Waals surface area contributed by atoms with Gasteiger partial charge in [-0.2, -0.15) is 0 Å². The summed E-state index contributed by atoms with van der Waals surface area (Å²) in [4.78, 5) is 23.2. The van der Waals surface area contributed by atoms with Crippen molar-refractivity contribution in [2.75, 3.05) is 6.61 Å². The first-order chi connectivity index (χ1) is 16.0. The number of aromatic nitrogens is 3. The lowest BCUT2D eigenvalue weighted by Gasteiger charge is -2.20. The summed E-state index contributed by atoms with van der Waals surface area (Å²) >= 11 is 0. The molecule has 1 N–H and O–H groups in total. The number of unbranched alkanes of at least 4 members (excludes halogenated alkanes) is 1. The first-order valence-electron chi connectivity index (χ1n) is 12.2. The fourth-order valence-electron chi connectivity index (χ4n) is 4.39. The Labute approximate surface area is 194 Å². The fourth-order valence-corrected chi connectivity index (χ4v) is 4.39. The number of aryl methyl sites for hydroxylation is 1. The molecule has 178 valence electrons. The van der Waals surface area contributed by atoms with E-state index in [0.29, 0.717) is 37.7 Å². The van der Waals surface area contributed by atoms with E-state index in [1.54, 1.807) is 6.20 Å². The Kier molecular flexibility index (Phi) is 7.73. The van der Waals surface area contributed by atoms with Crippen LogP contribution < -0.4 is 10.1 Å². The normalized spacial score (nSPS) is 19.4. The molecule has 2 aromatic rings. The number of hydrogen-bond acceptors (Lipinski definition) is 5. The van der Waals surface area contributed by atoms with E-state index in [2.05, 4.69) is 22.6 Å². The van der Waals surface area contributed by atoms with Crippen molar-refractivity contribution in [1.82, 2.24) is 20.3 Å². The van der Waals surface area contributed by atoms with Crippen molar-refractivity contribution in [1.29, 1.82) is 0 Å². The van der Waals surface area contributed by atoms with Gasteiger partial charge in [-0.05, 0) is 68.6 Å². The summed E-state index contributed by atoms with van der Waals surface area (Å²) in [5, 5.41) is 10.8. The van der Waals surface area contributed by atoms with E-state index in [0.717, 1.165) is 43.4 Å². The predicted molar refractivity (Wildman–Crippen MR) is 121 cm³/mol. The van der Waals surface area contributed by atoms with Gasteiger partial charge in [-0.3, -0.25) is 14.9 Å². The molecule has 4 rings (SSSR count). The number of carbonyl (C=O) groups excluding carboxylic acids is 2. The minimum absolute atomic E-state index is 0.0648. The third-order valence-electron chi connectivity index (χ3n) is 6.77. The van der Waals surface area contributed by atoms with E-state index in [4.69, 9.17) is 4.74 Å². The zero-order valence-corrected chi connectivity index (χ0v) is 19.3. The van der Waals surface area contributed by atoms with Crippen LogP contribution in [0.4, 0.5) is 4.39 Å². The number of imide groups is 1. The monoisotopic (exact) mass is 456 g/mol. The average Bonchev–Trinajstić information content (AvgIpc) is 3.53. The van der Waals surface area contributed by atoms with Crippen molar-refractivity contribution in [3.8, 4) is 5.75 Å². The van der Waals surface area contributed by atoms with E-state index in [1.807, 2.05) is 16.8 Å². The third-order valence-corrected chi connectivity index (χ3v) is 6.77. The number of nitrogens with one attached hydrogen (secondary N) is 1. The van der Waals surface area contributed by atoms with E-state index in [-0.39, 0.29) is 29.5 Å². The Hall–Kier alpha value is -2.77. The molecule has 1 saturated carbocycles. The van der Waals surface area contributed by atoms with Crippen molar-refractivity contribution in [2.24, 2.45) is 11.8 Å². The maximum Gasteiger partial charge on any atom is 0.229 e. The average molecular weight is 457 g/mol. The van der Waals surface area contributed by atoms with Gasteiger partial charge < -0.3 is 4.74 Å². The van der Waals surface area contributed by atoms with Crippen molar-refractivity contribution in [3.63, 3.8) is 0 Å². The lowest BCUT2D eigenvalue weighted by atomic mass is 9.92. The van der Waals surface area contributed by atoms with Crippen LogP contribution in [0.1, 0.15) is 75.5 Å². The summed E-state index contributed by atoms with van der Waals surface area (Å²) in [6.45, 7) is 3.38. The van der Waals surface area contributed by atoms with Crippen molar-refractivity contribution in [2.45, 2.75) is 77.2 Å². The number of benzene rings is 1. The van der Waals surface area contributed by atoms with Crippen molar-refractivity contribution >= 4 is 11.8 Å². The molecule has 2 aliphatic rings. The molecule has 0 bridgehead atoms. The van der Waals surface area contributed by atoms with E-state index in [9.17, 15) is 14.0 Å². The molecule has 2 heterocycles. The topological polar surface area (TPSA) is 86.1 Å². The van der Waals surface area contributed by atoms with E-state index >= 15 is 0 Å². The van der Waals surface area contributed by atoms with Crippen LogP contribution in [-0.2, 0) is 22.6 Å². The van der Waals surface area contributed by atoms with Crippen LogP contribution in [0.2, 0.25) is 0 Å². The summed E-state index contributed by atoms with van der Waals surface area (Å²) in [7, 11) is 0. The van der Waals surface area contributed by atoms with Gasteiger partial charge in [-0.15, -0.1) is 5.10 Å². The highest BCUT2D eigenvalue weighted by Crippen LogP contribution is 2.32. The van der Waals surface area contributed by atoms with Crippen LogP contribution >= 0.6 is 0 Å². The molecule has 2 fully saturated rings. The molecule has 1 aromatic carbocycles. The van der Waals surface area contributed by atoms with Crippen LogP contribution in [-0.4, -0.2) is 33.4 Å². The van der Waals surface area contributed by atoms with Gasteiger partial charge in [-0.1, -0.05) is 24.6 Å². The molecule has 2 unspecified atom stereocenters. The van der Waals surface area contributed by atoms with Crippen molar-refractivity contribution < 1.29 is 18.7 Å². The number of hydrogen-bond donors (Lipinski definition) is 1. The van der Waals surface area contributed by atoms with E-state index in [1.165, 1.54) is 18.9 Å². The summed E-state index contributed by atoms with van der Waals surface area (Å²) in [6.07, 6.45) is 9.56. The maximum absolute atomic E-state index is 14.2. The summed E-state index contributed by atoms with van der Waals surface area (Å²) < 4.78 is 21.9. The summed E-state index contributed by atoms with van der Waals surface area (Å²) in [5.41, 5.74) is 2.10. The molecule has 1 saturated heterocycles. The molecule has 1 aliphatic carbocycles. The Bertz CT molecular complexity index is 972. The Balaban J connectivity index is 1.30. The largest absolute Gasteiger partial charge is 0.490 e. The second-order valence-electron chi connectivity index (χ2n) is 9.35. The number of nitrogens with zero attached hydrogens (tertiary/aromatic N) is 3. The SMILES string of the molecule is CCC(Cn1nncc1CCCCC1CCC(=O)NC1=O)c1ccc(F)c(OCC2CC2)c1. The van der Waals surface area contributed by atoms with Crippen LogP contribution in [0.15, 0.2) is 24.4 Å². The van der Waals surface area contributed by atoms with Crippen LogP contribution in [0, 0.1) is 17.7 Å². The van der Waals surface area contributed by atoms with Gasteiger partial charge in [0.05, 0.1) is 18.5 Å². The zero-order valence-electron chi connectivity index (χ0n) is 19.3. The van der Waals surface area contributed by atoms with Gasteiger partial charge in [0, 0.05) is 24.8 Å². The van der Waals surface area contributed by atoms with Gasteiger partial charge >= 0.3 is 0 Å². The van der Waals surface area contributed by atoms with Crippen LogP contribution in [0.25, 0.3) is 0 Å². The molecule has 7 nitrogen and oxygen atoms in total. The second-order valence-corrected chi connectivity index (χ2v) is 9.35. The third kappa shape index (κ3) is 6.39. The second kappa shape index (κ2) is 10.9. The lowest BCUT2D eigenvalue weighted by molar-refractivity contribution is -0.136. The highest BCUT2D eigenvalue weighted by atomic mass is 19.1. The molecule has 33 heavy (non-hydrogen) atoms. The van der Waals surface area contributed by atoms with Crippen LogP contribution in [0.5, 0.6) is 5.75 Å². The lowest BCUT2D eigenvalue weighted by Crippen LogP contribution is -2.40. The highest BCUT2D eigenvalue weighted by Gasteiger charge is 2.26. The predicted octanol–water partition coefficient (Wildman–Crippen LogP) is 4.17. The van der Waals surface area contributed by atoms with Gasteiger partial charge in [-0.25, -0.2) is 9.07 Å². The molecule has 0 spiro atoms. The van der Waals surface area contributed by atoms with Gasteiger partial charge in [0.15, 0.2) is 11.6 Å². The van der Waals surface area contributed by atoms with Crippen LogP contribution in [0.3, 0.4) is 0 Å². The Morgan fingerprint density at radius 3 is 2.85 bits per heavy atom. The Morgan fingerprint density at radius 2 is 2.09 bits per heavy atom. The molecular weight excluding hydrogens is 423 g/mol. The zero-order chi connectivity index (χ0) is 23.2. The number of piperidine rings is 1. The smallest absolute Gasteiger partial charge is 0.229 e. The fraction of sp³-hybridized carbons (Fsp3) is 0.600. The summed E-state index contributed by atoms with van der Waals surface area (Å²) in [6, 6.07) is 5.17. The number of halogens is 1. The number of amides is 2. The van der Waals surface area contributed by atoms with Gasteiger partial charge in [0.25, 0.3) is 0 Å². The maximum atomic E-state index is 14.2. The molecule has 0 radical (unpaired) electrons. The standard InChI is InChI=1S/C25H33FN4O3/c1-2-18(20-9-11-22(26)23(13-20)33-16-17-7-8-17)15-30-21(14-27-29-30)6-4-3-5-19-10-12-24(31)28-25(19)32/h9,11,13-14,17-19H,2-8,10,12,15-16H2,1H3,(H,28,31,32). The molecule has 2 atom stereocenters. The Morgan fingerprint density at radius 1 is 1.24 bits per heavy atom. The molecule has 8 heteroatoms. The summed E-state index contributed by atoms with van der Waals surface area (Å²) in [5.74, 6) is 0.408. The number of rotatable bonds is 12. The quantitative estimate of drug-likeness (QED) is 0.383. The molecule has 1 aromatic heterocycles. The van der Waals surface area contributed by atoms with Crippen molar-refractivity contribution in [3.05, 3.63) is 41.5 Å². The minimum atomic E-state index is -0.313. The van der Waals surface area contributed by atoms with E-state index < -0.39 is 0 Å². The number of carbonyl (C=O) groups is 2. The highest BCUT2D eigenvalue weighted by molar-refractivity contribution is 5.98. The van der Waals surface area contributed by atoms with Gasteiger partial charge in [0.2, 0.25) is 11.8 Å². The first kappa shape index (κ1) is 23.4. The molecular formula is C25H33FN4O3. The number of ether oxygens (including phenoxy) is 1. The molecule has 2 amide bonds. The van der Waals surface area contributed by atoms with Gasteiger partial charge in [0.1, 0.15) is 0 Å². The molecule has 1 aliphatic heterocycles. The first-order valence-corrected chi connectivity index (χ1v) is 12.2. The minimum Gasteiger partial charge on any atom is -0.490 e.